The lowest BCUT2D eigenvalue weighted by atomic mass is 10.2. The fraction of sp³-hybridized carbons (Fsp3) is 0. The number of aromatic amines is 1. The van der Waals surface area contributed by atoms with Crippen molar-refractivity contribution in [2.24, 2.45) is 0 Å². The van der Waals surface area contributed by atoms with E-state index in [1.807, 2.05) is 18.2 Å². The summed E-state index contributed by atoms with van der Waals surface area (Å²) in [6, 6.07) is 14.2. The molecule has 0 fully saturated rings. The number of nitrogens with one attached hydrogen (secondary N) is 1. The molecule has 19 heavy (non-hydrogen) atoms. The summed E-state index contributed by atoms with van der Waals surface area (Å²) in [6.45, 7) is 0. The Morgan fingerprint density at radius 3 is 2.58 bits per heavy atom. The maximum atomic E-state index is 11.9. The van der Waals surface area contributed by atoms with Gasteiger partial charge in [0.1, 0.15) is 0 Å². The third-order valence-corrected chi connectivity index (χ3v) is 3.01. The third-order valence-electron chi connectivity index (χ3n) is 2.75. The van der Waals surface area contributed by atoms with Crippen molar-refractivity contribution in [3.8, 4) is 17.1 Å². The van der Waals surface area contributed by atoms with Crippen LogP contribution in [-0.4, -0.2) is 14.8 Å². The minimum absolute atomic E-state index is 0.149. The SMILES string of the molecule is O=c1cc(-c2ccc(Cl)cc2)[nH]n1-c1ccccn1. The summed E-state index contributed by atoms with van der Waals surface area (Å²) in [7, 11) is 0. The van der Waals surface area contributed by atoms with Gasteiger partial charge in [-0.25, -0.2) is 9.67 Å². The van der Waals surface area contributed by atoms with E-state index in [2.05, 4.69) is 10.1 Å². The Balaban J connectivity index is 2.07. The number of hydrogen-bond donors (Lipinski definition) is 1. The van der Waals surface area contributed by atoms with Crippen molar-refractivity contribution in [3.63, 3.8) is 0 Å². The van der Waals surface area contributed by atoms with Gasteiger partial charge in [-0.1, -0.05) is 29.8 Å². The maximum Gasteiger partial charge on any atom is 0.273 e. The number of halogens is 1. The van der Waals surface area contributed by atoms with Crippen molar-refractivity contribution in [1.29, 1.82) is 0 Å². The number of aromatic nitrogens is 3. The Morgan fingerprint density at radius 1 is 1.11 bits per heavy atom. The molecule has 0 amide bonds. The molecule has 2 aromatic heterocycles. The van der Waals surface area contributed by atoms with Gasteiger partial charge in [-0.2, -0.15) is 0 Å². The van der Waals surface area contributed by atoms with Gasteiger partial charge in [0.2, 0.25) is 0 Å². The van der Waals surface area contributed by atoms with Gasteiger partial charge in [0.05, 0.1) is 5.69 Å². The average Bonchev–Trinajstić information content (AvgIpc) is 2.83. The molecule has 1 N–H and O–H groups in total. The number of nitrogens with zero attached hydrogens (tertiary/aromatic N) is 2. The second-order valence-corrected chi connectivity index (χ2v) is 4.47. The molecule has 0 unspecified atom stereocenters. The molecule has 94 valence electrons. The van der Waals surface area contributed by atoms with Crippen LogP contribution in [-0.2, 0) is 0 Å². The van der Waals surface area contributed by atoms with Crippen LogP contribution in [0.15, 0.2) is 59.5 Å². The first-order chi connectivity index (χ1) is 9.24. The molecule has 0 atom stereocenters. The highest BCUT2D eigenvalue weighted by Gasteiger charge is 2.07. The number of benzene rings is 1. The molecule has 0 bridgehead atoms. The first-order valence-electron chi connectivity index (χ1n) is 5.73. The van der Waals surface area contributed by atoms with Crippen LogP contribution in [0.1, 0.15) is 0 Å². The number of pyridine rings is 1. The van der Waals surface area contributed by atoms with Gasteiger partial charge < -0.3 is 0 Å². The molecule has 0 radical (unpaired) electrons. The van der Waals surface area contributed by atoms with Crippen molar-refractivity contribution < 1.29 is 0 Å². The molecule has 1 aromatic carbocycles. The maximum absolute atomic E-state index is 11.9. The van der Waals surface area contributed by atoms with E-state index >= 15 is 0 Å². The van der Waals surface area contributed by atoms with Gasteiger partial charge in [0.25, 0.3) is 5.56 Å². The summed E-state index contributed by atoms with van der Waals surface area (Å²) in [5.74, 6) is 0.563. The minimum atomic E-state index is -0.149. The first kappa shape index (κ1) is 11.7. The van der Waals surface area contributed by atoms with Gasteiger partial charge in [0.15, 0.2) is 5.82 Å². The number of H-pyrrole nitrogens is 1. The van der Waals surface area contributed by atoms with E-state index in [0.717, 1.165) is 11.3 Å². The van der Waals surface area contributed by atoms with Gasteiger partial charge in [-0.15, -0.1) is 0 Å². The summed E-state index contributed by atoms with van der Waals surface area (Å²) >= 11 is 5.84. The van der Waals surface area contributed by atoms with Gasteiger partial charge in [-0.3, -0.25) is 9.89 Å². The molecule has 0 saturated heterocycles. The van der Waals surface area contributed by atoms with Gasteiger partial charge >= 0.3 is 0 Å². The second-order valence-electron chi connectivity index (χ2n) is 4.04. The van der Waals surface area contributed by atoms with Crippen LogP contribution >= 0.6 is 11.6 Å². The zero-order chi connectivity index (χ0) is 13.2. The Hall–Kier alpha value is -2.33. The summed E-state index contributed by atoms with van der Waals surface area (Å²) in [5.41, 5.74) is 1.48. The highest BCUT2D eigenvalue weighted by molar-refractivity contribution is 6.30. The third kappa shape index (κ3) is 2.30. The predicted octanol–water partition coefficient (Wildman–Crippen LogP) is 2.88. The van der Waals surface area contributed by atoms with E-state index in [0.29, 0.717) is 10.8 Å². The van der Waals surface area contributed by atoms with E-state index in [-0.39, 0.29) is 5.56 Å². The largest absolute Gasteiger partial charge is 0.289 e. The van der Waals surface area contributed by atoms with E-state index in [1.54, 1.807) is 30.5 Å². The van der Waals surface area contributed by atoms with E-state index in [1.165, 1.54) is 10.7 Å². The molecule has 4 nitrogen and oxygen atoms in total. The van der Waals surface area contributed by atoms with E-state index < -0.39 is 0 Å². The van der Waals surface area contributed by atoms with E-state index in [9.17, 15) is 4.79 Å². The fourth-order valence-electron chi connectivity index (χ4n) is 1.83. The van der Waals surface area contributed by atoms with Crippen LogP contribution in [0.25, 0.3) is 17.1 Å². The molecule has 0 aliphatic heterocycles. The van der Waals surface area contributed by atoms with Crippen molar-refractivity contribution in [2.45, 2.75) is 0 Å². The predicted molar refractivity (Wildman–Crippen MR) is 74.6 cm³/mol. The highest BCUT2D eigenvalue weighted by Crippen LogP contribution is 2.18. The molecule has 0 aliphatic carbocycles. The average molecular weight is 272 g/mol. The van der Waals surface area contributed by atoms with Crippen LogP contribution in [0.3, 0.4) is 0 Å². The summed E-state index contributed by atoms with van der Waals surface area (Å²) < 4.78 is 1.41. The topological polar surface area (TPSA) is 50.7 Å². The molecule has 2 heterocycles. The second kappa shape index (κ2) is 4.74. The quantitative estimate of drug-likeness (QED) is 0.779. The highest BCUT2D eigenvalue weighted by atomic mass is 35.5. The van der Waals surface area contributed by atoms with Crippen LogP contribution in [0.5, 0.6) is 0 Å². The number of rotatable bonds is 2. The first-order valence-corrected chi connectivity index (χ1v) is 6.11. The monoisotopic (exact) mass is 271 g/mol. The van der Waals surface area contributed by atoms with E-state index in [4.69, 9.17) is 11.6 Å². The van der Waals surface area contributed by atoms with Crippen molar-refractivity contribution >= 4 is 11.6 Å². The van der Waals surface area contributed by atoms with Crippen LogP contribution in [0, 0.1) is 0 Å². The van der Waals surface area contributed by atoms with Crippen molar-refractivity contribution in [3.05, 3.63) is 70.1 Å². The summed E-state index contributed by atoms with van der Waals surface area (Å²) in [6.07, 6.45) is 1.64. The summed E-state index contributed by atoms with van der Waals surface area (Å²) in [5, 5.41) is 3.69. The standard InChI is InChI=1S/C14H10ClN3O/c15-11-6-4-10(5-7-11)12-9-14(19)18(17-12)13-3-1-2-8-16-13/h1-9,17H. The fourth-order valence-corrected chi connectivity index (χ4v) is 1.96. The van der Waals surface area contributed by atoms with Gasteiger partial charge in [0, 0.05) is 17.3 Å². The molecule has 0 aliphatic rings. The Kier molecular flexibility index (Phi) is 2.93. The smallest absolute Gasteiger partial charge is 0.273 e. The Morgan fingerprint density at radius 2 is 1.89 bits per heavy atom. The Labute approximate surface area is 114 Å². The molecular formula is C14H10ClN3O. The zero-order valence-electron chi connectivity index (χ0n) is 9.88. The molecule has 0 saturated carbocycles. The molecule has 3 aromatic rings. The van der Waals surface area contributed by atoms with Crippen molar-refractivity contribution in [2.75, 3.05) is 0 Å². The number of hydrogen-bond acceptors (Lipinski definition) is 2. The minimum Gasteiger partial charge on any atom is -0.289 e. The van der Waals surface area contributed by atoms with Crippen LogP contribution in [0.2, 0.25) is 5.02 Å². The summed E-state index contributed by atoms with van der Waals surface area (Å²) in [4.78, 5) is 16.1. The van der Waals surface area contributed by atoms with Crippen molar-refractivity contribution in [1.82, 2.24) is 14.8 Å². The van der Waals surface area contributed by atoms with Crippen LogP contribution < -0.4 is 5.56 Å². The van der Waals surface area contributed by atoms with Gasteiger partial charge in [-0.05, 0) is 29.8 Å². The molecule has 3 rings (SSSR count). The molecule has 0 spiro atoms. The lowest BCUT2D eigenvalue weighted by Crippen LogP contribution is -2.14. The van der Waals surface area contributed by atoms with Crippen LogP contribution in [0.4, 0.5) is 0 Å². The normalized spacial score (nSPS) is 10.6. The molecular weight excluding hydrogens is 262 g/mol. The Bertz CT molecular complexity index is 744. The molecule has 5 heteroatoms. The lowest BCUT2D eigenvalue weighted by Gasteiger charge is -2.00. The lowest BCUT2D eigenvalue weighted by molar-refractivity contribution is 0.822. The zero-order valence-corrected chi connectivity index (χ0v) is 10.6.